The molecule has 37 heavy (non-hydrogen) atoms. The molecule has 3 heterocycles. The molecule has 3 aromatic rings. The number of hydrogen-bond acceptors (Lipinski definition) is 6. The zero-order chi connectivity index (χ0) is 25.8. The third-order valence-electron chi connectivity index (χ3n) is 6.57. The summed E-state index contributed by atoms with van der Waals surface area (Å²) in [6.45, 7) is 4.00. The molecule has 1 N–H and O–H groups in total. The summed E-state index contributed by atoms with van der Waals surface area (Å²) in [6, 6.07) is 13.2. The molecule has 5 rings (SSSR count). The molecule has 2 amide bonds. The number of rotatable bonds is 7. The number of nitrogens with zero attached hydrogens (tertiary/aromatic N) is 4. The number of urea groups is 1. The molecule has 0 saturated carbocycles. The van der Waals surface area contributed by atoms with Crippen LogP contribution in [0.15, 0.2) is 61.2 Å². The van der Waals surface area contributed by atoms with Gasteiger partial charge in [0.15, 0.2) is 0 Å². The Balaban J connectivity index is 1.20. The van der Waals surface area contributed by atoms with Crippen molar-refractivity contribution in [3.05, 3.63) is 76.8 Å². The molecule has 2 aromatic carbocycles. The number of amides is 2. The van der Waals surface area contributed by atoms with Crippen molar-refractivity contribution in [3.8, 4) is 5.75 Å². The number of ether oxygens (including phenoxy) is 3. The van der Waals surface area contributed by atoms with E-state index in [0.29, 0.717) is 48.5 Å². The third kappa shape index (κ3) is 5.80. The van der Waals surface area contributed by atoms with Crippen LogP contribution in [0, 0.1) is 0 Å². The highest BCUT2D eigenvalue weighted by molar-refractivity contribution is 6.35. The normalized spacial score (nSPS) is 21.8. The minimum absolute atomic E-state index is 0.0334. The Morgan fingerprint density at radius 1 is 1.16 bits per heavy atom. The summed E-state index contributed by atoms with van der Waals surface area (Å²) in [5, 5.41) is 3.70. The van der Waals surface area contributed by atoms with E-state index in [1.165, 1.54) is 0 Å². The number of carbonyl (C=O) groups excluding carboxylic acids is 1. The molecule has 0 spiro atoms. The maximum absolute atomic E-state index is 11.8. The fourth-order valence-electron chi connectivity index (χ4n) is 4.64. The predicted molar refractivity (Wildman–Crippen MR) is 141 cm³/mol. The van der Waals surface area contributed by atoms with Gasteiger partial charge in [-0.1, -0.05) is 29.3 Å². The van der Waals surface area contributed by atoms with Gasteiger partial charge in [-0.15, -0.1) is 0 Å². The number of hydrogen-bond donors (Lipinski definition) is 1. The molecule has 2 saturated heterocycles. The Morgan fingerprint density at radius 2 is 1.95 bits per heavy atom. The van der Waals surface area contributed by atoms with Crippen molar-refractivity contribution in [3.63, 3.8) is 0 Å². The first kappa shape index (κ1) is 25.7. The molecule has 2 atom stereocenters. The van der Waals surface area contributed by atoms with Crippen LogP contribution in [0.4, 0.5) is 10.5 Å². The first-order valence-corrected chi connectivity index (χ1v) is 12.9. The molecule has 196 valence electrons. The third-order valence-corrected chi connectivity index (χ3v) is 7.12. The van der Waals surface area contributed by atoms with Gasteiger partial charge in [0.05, 0.1) is 24.5 Å². The molecule has 1 aromatic heterocycles. The van der Waals surface area contributed by atoms with Gasteiger partial charge in [-0.05, 0) is 36.4 Å². The van der Waals surface area contributed by atoms with Gasteiger partial charge in [0.2, 0.25) is 5.79 Å². The van der Waals surface area contributed by atoms with E-state index >= 15 is 0 Å². The fraction of sp³-hybridized carbons (Fsp3) is 0.385. The average molecular weight is 546 g/mol. The van der Waals surface area contributed by atoms with Crippen LogP contribution in [0.25, 0.3) is 0 Å². The van der Waals surface area contributed by atoms with Crippen LogP contribution in [0.5, 0.6) is 5.75 Å². The van der Waals surface area contributed by atoms with Crippen LogP contribution in [0.3, 0.4) is 0 Å². The van der Waals surface area contributed by atoms with Crippen LogP contribution in [0.2, 0.25) is 10.0 Å². The van der Waals surface area contributed by atoms with Crippen LogP contribution in [-0.4, -0.2) is 73.0 Å². The number of carbonyl (C=O) groups is 1. The molecule has 0 bridgehead atoms. The lowest BCUT2D eigenvalue weighted by Crippen LogP contribution is -2.51. The Morgan fingerprint density at radius 3 is 2.62 bits per heavy atom. The van der Waals surface area contributed by atoms with Gasteiger partial charge in [0.1, 0.15) is 18.5 Å². The molecule has 0 aliphatic carbocycles. The largest absolute Gasteiger partial charge is 0.491 e. The molecule has 0 radical (unpaired) electrons. The first-order chi connectivity index (χ1) is 18.0. The highest BCUT2D eigenvalue weighted by Gasteiger charge is 2.45. The lowest BCUT2D eigenvalue weighted by atomic mass is 10.1. The Bertz CT molecular complexity index is 1200. The number of benzene rings is 2. The van der Waals surface area contributed by atoms with E-state index in [0.717, 1.165) is 24.5 Å². The van der Waals surface area contributed by atoms with Crippen molar-refractivity contribution in [2.75, 3.05) is 51.3 Å². The van der Waals surface area contributed by atoms with E-state index in [9.17, 15) is 4.79 Å². The number of piperazine rings is 1. The minimum Gasteiger partial charge on any atom is -0.491 e. The summed E-state index contributed by atoms with van der Waals surface area (Å²) in [6.07, 6.45) is 4.97. The zero-order valence-electron chi connectivity index (χ0n) is 20.5. The lowest BCUT2D eigenvalue weighted by Gasteiger charge is -2.35. The molecule has 2 unspecified atom stereocenters. The van der Waals surface area contributed by atoms with Crippen molar-refractivity contribution >= 4 is 34.9 Å². The maximum atomic E-state index is 11.8. The van der Waals surface area contributed by atoms with Gasteiger partial charge < -0.3 is 33.9 Å². The Hall–Kier alpha value is -2.98. The van der Waals surface area contributed by atoms with Gasteiger partial charge >= 0.3 is 6.03 Å². The molecule has 9 nitrogen and oxygen atoms in total. The van der Waals surface area contributed by atoms with Crippen LogP contribution < -0.4 is 15.0 Å². The van der Waals surface area contributed by atoms with Crippen molar-refractivity contribution in [2.24, 2.45) is 0 Å². The lowest BCUT2D eigenvalue weighted by molar-refractivity contribution is -0.189. The van der Waals surface area contributed by atoms with Gasteiger partial charge in [-0.25, -0.2) is 9.78 Å². The van der Waals surface area contributed by atoms with E-state index in [4.69, 9.17) is 37.4 Å². The minimum atomic E-state index is -1.09. The monoisotopic (exact) mass is 545 g/mol. The second-order valence-electron chi connectivity index (χ2n) is 9.00. The van der Waals surface area contributed by atoms with E-state index < -0.39 is 5.79 Å². The van der Waals surface area contributed by atoms with Crippen molar-refractivity contribution in [2.45, 2.75) is 18.4 Å². The molecular weight excluding hydrogens is 517 g/mol. The first-order valence-electron chi connectivity index (χ1n) is 12.1. The molecular formula is C26H29Cl2N5O4. The fourth-order valence-corrected chi connectivity index (χ4v) is 5.20. The van der Waals surface area contributed by atoms with Gasteiger partial charge in [-0.3, -0.25) is 0 Å². The summed E-state index contributed by atoms with van der Waals surface area (Å²) in [7, 11) is 1.66. The van der Waals surface area contributed by atoms with Crippen molar-refractivity contribution in [1.29, 1.82) is 0 Å². The van der Waals surface area contributed by atoms with E-state index in [2.05, 4.69) is 15.2 Å². The van der Waals surface area contributed by atoms with Gasteiger partial charge in [0, 0.05) is 61.9 Å². The quantitative estimate of drug-likeness (QED) is 0.483. The smallest absolute Gasteiger partial charge is 0.317 e. The SMILES string of the molecule is CNC(=O)N1CCN(c2ccc(OCC3COC(Cn4ccnc4)(c4ccc(Cl)cc4Cl)O3)cc2)CC1. The summed E-state index contributed by atoms with van der Waals surface area (Å²) in [5.41, 5.74) is 1.80. The summed E-state index contributed by atoms with van der Waals surface area (Å²) >= 11 is 12.7. The topological polar surface area (TPSA) is 81.1 Å². The maximum Gasteiger partial charge on any atom is 0.317 e. The van der Waals surface area contributed by atoms with E-state index in [-0.39, 0.29) is 12.1 Å². The number of anilines is 1. The number of halogens is 2. The highest BCUT2D eigenvalue weighted by atomic mass is 35.5. The van der Waals surface area contributed by atoms with Crippen molar-refractivity contribution in [1.82, 2.24) is 19.8 Å². The molecule has 11 heteroatoms. The number of aromatic nitrogens is 2. The Labute approximate surface area is 225 Å². The van der Waals surface area contributed by atoms with Crippen molar-refractivity contribution < 1.29 is 19.0 Å². The molecule has 2 aliphatic rings. The van der Waals surface area contributed by atoms with E-state index in [1.54, 1.807) is 31.7 Å². The number of nitrogens with one attached hydrogen (secondary N) is 1. The molecule has 2 aliphatic heterocycles. The Kier molecular flexibility index (Phi) is 7.76. The van der Waals surface area contributed by atoms with Crippen LogP contribution in [0.1, 0.15) is 5.56 Å². The number of imidazole rings is 1. The summed E-state index contributed by atoms with van der Waals surface area (Å²) in [4.78, 5) is 20.0. The van der Waals surface area contributed by atoms with E-state index in [1.807, 2.05) is 46.0 Å². The summed E-state index contributed by atoms with van der Waals surface area (Å²) in [5.74, 6) is -0.343. The van der Waals surface area contributed by atoms with Gasteiger partial charge in [0.25, 0.3) is 0 Å². The standard InChI is InChI=1S/C26H29Cl2N5O4/c1-29-25(34)33-12-10-32(11-13-33)20-3-5-21(6-4-20)35-15-22-16-36-26(37-22,17-31-9-8-30-18-31)23-7-2-19(27)14-24(23)28/h2-9,14,18,22H,10-13,15-17H2,1H3,(H,29,34). The summed E-state index contributed by atoms with van der Waals surface area (Å²) < 4.78 is 20.6. The predicted octanol–water partition coefficient (Wildman–Crippen LogP) is 4.00. The van der Waals surface area contributed by atoms with Gasteiger partial charge in [-0.2, -0.15) is 0 Å². The second kappa shape index (κ2) is 11.2. The zero-order valence-corrected chi connectivity index (χ0v) is 22.0. The second-order valence-corrected chi connectivity index (χ2v) is 9.84. The average Bonchev–Trinajstić information content (AvgIpc) is 3.58. The van der Waals surface area contributed by atoms with Crippen LogP contribution in [-0.2, 0) is 21.8 Å². The van der Waals surface area contributed by atoms with Crippen LogP contribution >= 0.6 is 23.2 Å². The molecule has 2 fully saturated rings. The highest BCUT2D eigenvalue weighted by Crippen LogP contribution is 2.40.